The second-order valence-electron chi connectivity index (χ2n) is 22.0. The van der Waals surface area contributed by atoms with Gasteiger partial charge in [-0.1, -0.05) is 146 Å². The Hall–Kier alpha value is -12.7. The number of nitrogens with zero attached hydrogens (tertiary/aromatic N) is 8. The fraction of sp³-hybridized carbons (Fsp3) is 0. The van der Waals surface area contributed by atoms with Gasteiger partial charge in [0.05, 0.1) is 79.1 Å². The van der Waals surface area contributed by atoms with Crippen LogP contribution in [0.15, 0.2) is 264 Å². The average Bonchev–Trinajstić information content (AvgIpc) is 2.02. The van der Waals surface area contributed by atoms with E-state index >= 15 is 0 Å². The van der Waals surface area contributed by atoms with Crippen molar-refractivity contribution in [2.45, 2.75) is 0 Å². The molecule has 0 N–H and O–H groups in total. The maximum Gasteiger partial charge on any atom is 0.166 e. The number of aromatic nitrogens is 5. The van der Waals surface area contributed by atoms with Crippen LogP contribution >= 0.6 is 0 Å². The molecular formula is C78H42N8O2. The van der Waals surface area contributed by atoms with Crippen LogP contribution in [-0.2, 0) is 0 Å². The van der Waals surface area contributed by atoms with Gasteiger partial charge in [0.25, 0.3) is 0 Å². The van der Waals surface area contributed by atoms with Gasteiger partial charge < -0.3 is 18.0 Å². The first-order valence-corrected chi connectivity index (χ1v) is 28.8. The van der Waals surface area contributed by atoms with Crippen molar-refractivity contribution in [2.24, 2.45) is 0 Å². The molecule has 0 radical (unpaired) electrons. The van der Waals surface area contributed by atoms with Gasteiger partial charge in [0.15, 0.2) is 17.5 Å². The molecule has 88 heavy (non-hydrogen) atoms. The van der Waals surface area contributed by atoms with E-state index in [0.29, 0.717) is 34.2 Å². The van der Waals surface area contributed by atoms with Gasteiger partial charge in [0.2, 0.25) is 0 Å². The van der Waals surface area contributed by atoms with Crippen LogP contribution in [-0.4, -0.2) is 24.1 Å². The fourth-order valence-electron chi connectivity index (χ4n) is 13.0. The first-order valence-electron chi connectivity index (χ1n) is 28.8. The molecule has 0 amide bonds. The molecular weight excluding hydrogens is 1080 g/mol. The Morgan fingerprint density at radius 3 is 1.16 bits per heavy atom. The number of rotatable bonds is 8. The molecule has 0 aliphatic heterocycles. The minimum Gasteiger partial charge on any atom is -0.455 e. The molecule has 406 valence electrons. The lowest BCUT2D eigenvalue weighted by atomic mass is 9.99. The second-order valence-corrected chi connectivity index (χ2v) is 22.0. The minimum atomic E-state index is 0.427. The van der Waals surface area contributed by atoms with E-state index in [0.717, 1.165) is 149 Å². The summed E-state index contributed by atoms with van der Waals surface area (Å²) < 4.78 is 18.2. The summed E-state index contributed by atoms with van der Waals surface area (Å²) in [6.07, 6.45) is 0. The molecule has 0 unspecified atom stereocenters. The summed E-state index contributed by atoms with van der Waals surface area (Å²) in [5.74, 6) is 1.30. The molecule has 5 heterocycles. The quantitative estimate of drug-likeness (QED) is 0.146. The van der Waals surface area contributed by atoms with Crippen molar-refractivity contribution >= 4 is 87.5 Å². The summed E-state index contributed by atoms with van der Waals surface area (Å²) in [4.78, 5) is 16.7. The largest absolute Gasteiger partial charge is 0.455 e. The number of benzene rings is 12. The van der Waals surface area contributed by atoms with Gasteiger partial charge in [-0.25, -0.2) is 15.0 Å². The molecule has 10 nitrogen and oxygen atoms in total. The predicted octanol–water partition coefficient (Wildman–Crippen LogP) is 19.5. The Bertz CT molecular complexity index is 5590. The number of furan rings is 2. The Kier molecular flexibility index (Phi) is 11.2. The van der Waals surface area contributed by atoms with Crippen molar-refractivity contribution in [3.8, 4) is 97.1 Å². The topological polar surface area (TPSA) is 146 Å². The monoisotopic (exact) mass is 1120 g/mol. The Balaban J connectivity index is 0.957. The number of hydrogen-bond donors (Lipinski definition) is 0. The summed E-state index contributed by atoms with van der Waals surface area (Å²) in [5, 5.41) is 37.7. The highest BCUT2D eigenvalue weighted by atomic mass is 16.3. The molecule has 0 saturated heterocycles. The van der Waals surface area contributed by atoms with Crippen LogP contribution in [0.3, 0.4) is 0 Å². The van der Waals surface area contributed by atoms with Gasteiger partial charge in [-0.2, -0.15) is 15.8 Å². The molecule has 0 bridgehead atoms. The standard InChI is InChI=1S/C78H42N8O2/c79-43-46-20-24-49(25-21-46)54-32-34-62(68(41-54)85-64-16-5-1-14-60(64)72-66(85)38-36-58-56-12-3-7-18-70(56)87-74(58)72)77-82-76(52-30-28-51(29-31-52)53-11-9-10-48(40-53)45-81)83-78(84-77)63-35-33-55(50-26-22-47(44-80)23-27-50)42-69(63)86-65-17-6-2-15-61(65)73-67(86)39-37-59-57-13-4-8-19-71(57)88-75(59)73/h1-42H. The highest BCUT2D eigenvalue weighted by Gasteiger charge is 2.26. The molecule has 17 aromatic rings. The smallest absolute Gasteiger partial charge is 0.166 e. The summed E-state index contributed by atoms with van der Waals surface area (Å²) in [7, 11) is 0. The zero-order valence-corrected chi connectivity index (χ0v) is 46.6. The lowest BCUT2D eigenvalue weighted by Crippen LogP contribution is -2.06. The third kappa shape index (κ3) is 7.83. The fourth-order valence-corrected chi connectivity index (χ4v) is 13.0. The zero-order chi connectivity index (χ0) is 58.6. The first-order chi connectivity index (χ1) is 43.5. The normalized spacial score (nSPS) is 11.6. The number of fused-ring (bicyclic) bond motifs is 14. The van der Waals surface area contributed by atoms with Crippen molar-refractivity contribution in [3.63, 3.8) is 0 Å². The molecule has 10 heteroatoms. The number of nitriles is 3. The van der Waals surface area contributed by atoms with Gasteiger partial charge in [-0.15, -0.1) is 0 Å². The van der Waals surface area contributed by atoms with E-state index < -0.39 is 0 Å². The second kappa shape index (κ2) is 19.7. The SMILES string of the molecule is N#Cc1ccc(-c2ccc(-c3nc(-c4ccc(-c5cccc(C#N)c5)cc4)nc(-c4ccc(-c5ccc(C#N)cc5)cc4-n4c5ccccc5c5c6oc7ccccc7c6ccc54)n3)c(-n3c4ccccc4c4c5oc6ccccc6c5ccc43)c2)cc1. The van der Waals surface area contributed by atoms with Crippen LogP contribution in [0.4, 0.5) is 0 Å². The number of hydrogen-bond acceptors (Lipinski definition) is 8. The van der Waals surface area contributed by atoms with E-state index in [9.17, 15) is 15.8 Å². The lowest BCUT2D eigenvalue weighted by molar-refractivity contribution is 0.672. The van der Waals surface area contributed by atoms with Crippen molar-refractivity contribution in [3.05, 3.63) is 271 Å². The highest BCUT2D eigenvalue weighted by molar-refractivity contribution is 6.25. The summed E-state index contributed by atoms with van der Waals surface area (Å²) in [5.41, 5.74) is 18.1. The first kappa shape index (κ1) is 49.9. The van der Waals surface area contributed by atoms with Crippen LogP contribution in [0.5, 0.6) is 0 Å². The third-order valence-electron chi connectivity index (χ3n) is 17.1. The molecule has 0 atom stereocenters. The molecule has 5 aromatic heterocycles. The zero-order valence-electron chi connectivity index (χ0n) is 46.6. The van der Waals surface area contributed by atoms with Crippen molar-refractivity contribution in [1.82, 2.24) is 24.1 Å². The van der Waals surface area contributed by atoms with Crippen LogP contribution in [0.25, 0.3) is 166 Å². The van der Waals surface area contributed by atoms with Crippen molar-refractivity contribution < 1.29 is 8.83 Å². The van der Waals surface area contributed by atoms with Gasteiger partial charge in [0, 0.05) is 49.0 Å². The summed E-state index contributed by atoms with van der Waals surface area (Å²) in [6, 6.07) is 92.5. The van der Waals surface area contributed by atoms with Gasteiger partial charge in [-0.3, -0.25) is 0 Å². The van der Waals surface area contributed by atoms with Crippen LogP contribution < -0.4 is 0 Å². The minimum absolute atomic E-state index is 0.427. The van der Waals surface area contributed by atoms with E-state index in [4.69, 9.17) is 23.8 Å². The van der Waals surface area contributed by atoms with Crippen LogP contribution in [0.1, 0.15) is 16.7 Å². The van der Waals surface area contributed by atoms with Gasteiger partial charge in [0.1, 0.15) is 22.3 Å². The van der Waals surface area contributed by atoms with Crippen molar-refractivity contribution in [2.75, 3.05) is 0 Å². The van der Waals surface area contributed by atoms with E-state index in [1.165, 1.54) is 0 Å². The molecule has 0 aliphatic carbocycles. The van der Waals surface area contributed by atoms with Crippen molar-refractivity contribution in [1.29, 1.82) is 15.8 Å². The molecule has 0 fully saturated rings. The predicted molar refractivity (Wildman–Crippen MR) is 350 cm³/mol. The molecule has 17 rings (SSSR count). The maximum absolute atomic E-state index is 9.85. The Morgan fingerprint density at radius 2 is 0.682 bits per heavy atom. The van der Waals surface area contributed by atoms with E-state index in [-0.39, 0.29) is 0 Å². The summed E-state index contributed by atoms with van der Waals surface area (Å²) in [6.45, 7) is 0. The third-order valence-corrected chi connectivity index (χ3v) is 17.1. The van der Waals surface area contributed by atoms with Gasteiger partial charge in [-0.05, 0) is 143 Å². The molecule has 0 saturated carbocycles. The van der Waals surface area contributed by atoms with Crippen LogP contribution in [0.2, 0.25) is 0 Å². The Labute approximate surface area is 502 Å². The van der Waals surface area contributed by atoms with E-state index in [1.54, 1.807) is 6.07 Å². The van der Waals surface area contributed by atoms with Crippen LogP contribution in [0, 0.1) is 34.0 Å². The Morgan fingerprint density at radius 1 is 0.284 bits per heavy atom. The van der Waals surface area contributed by atoms with Gasteiger partial charge >= 0.3 is 0 Å². The highest BCUT2D eigenvalue weighted by Crippen LogP contribution is 2.46. The molecule has 0 aliphatic rings. The average molecular weight is 1120 g/mol. The summed E-state index contributed by atoms with van der Waals surface area (Å²) >= 11 is 0. The van der Waals surface area contributed by atoms with E-state index in [2.05, 4.69) is 149 Å². The maximum atomic E-state index is 9.85. The number of para-hydroxylation sites is 4. The van der Waals surface area contributed by atoms with E-state index in [1.807, 2.05) is 127 Å². The molecule has 12 aromatic carbocycles. The molecule has 0 spiro atoms. The lowest BCUT2D eigenvalue weighted by Gasteiger charge is -2.18.